The number of carbonyl (C=O) groups is 1. The number of nitrogens with one attached hydrogen (secondary N) is 2. The van der Waals surface area contributed by atoms with Crippen molar-refractivity contribution in [3.63, 3.8) is 0 Å². The van der Waals surface area contributed by atoms with Crippen molar-refractivity contribution >= 4 is 28.1 Å². The lowest BCUT2D eigenvalue weighted by atomic mass is 10.1. The topological polar surface area (TPSA) is 50.4 Å². The Balaban J connectivity index is 1.36. The zero-order chi connectivity index (χ0) is 19.9. The van der Waals surface area contributed by atoms with E-state index in [1.807, 2.05) is 84.9 Å². The van der Waals surface area contributed by atoms with Crippen LogP contribution < -0.4 is 15.4 Å². The first-order valence-electron chi connectivity index (χ1n) is 9.56. The van der Waals surface area contributed by atoms with Gasteiger partial charge in [0.2, 0.25) is 5.91 Å². The minimum atomic E-state index is -0.131. The van der Waals surface area contributed by atoms with E-state index in [0.29, 0.717) is 18.0 Å². The van der Waals surface area contributed by atoms with E-state index in [-0.39, 0.29) is 12.5 Å². The lowest BCUT2D eigenvalue weighted by Crippen LogP contribution is -2.22. The summed E-state index contributed by atoms with van der Waals surface area (Å²) in [5.74, 6) is 0.518. The van der Waals surface area contributed by atoms with Gasteiger partial charge in [-0.15, -0.1) is 0 Å². The fourth-order valence-corrected chi connectivity index (χ4v) is 3.11. The highest BCUT2D eigenvalue weighted by molar-refractivity contribution is 5.95. The number of ether oxygens (including phenoxy) is 1. The van der Waals surface area contributed by atoms with Crippen LogP contribution in [0.1, 0.15) is 5.56 Å². The van der Waals surface area contributed by atoms with Crippen LogP contribution in [-0.4, -0.2) is 12.5 Å². The smallest absolute Gasteiger partial charge is 0.243 e. The first-order valence-corrected chi connectivity index (χ1v) is 9.56. The number of para-hydroxylation sites is 2. The Morgan fingerprint density at radius 1 is 0.759 bits per heavy atom. The number of amides is 1. The minimum absolute atomic E-state index is 0.131. The molecule has 2 N–H and O–H groups in total. The van der Waals surface area contributed by atoms with Crippen molar-refractivity contribution in [2.45, 2.75) is 6.61 Å². The summed E-state index contributed by atoms with van der Waals surface area (Å²) >= 11 is 0. The molecule has 0 unspecified atom stereocenters. The summed E-state index contributed by atoms with van der Waals surface area (Å²) in [5.41, 5.74) is 2.65. The van der Waals surface area contributed by atoms with Crippen LogP contribution in [0.5, 0.6) is 5.75 Å². The van der Waals surface area contributed by atoms with E-state index in [4.69, 9.17) is 4.74 Å². The molecule has 1 amide bonds. The van der Waals surface area contributed by atoms with Gasteiger partial charge in [-0.2, -0.15) is 0 Å². The van der Waals surface area contributed by atoms with Gasteiger partial charge < -0.3 is 15.4 Å². The Morgan fingerprint density at radius 2 is 1.48 bits per heavy atom. The van der Waals surface area contributed by atoms with Gasteiger partial charge in [0.25, 0.3) is 0 Å². The Labute approximate surface area is 170 Å². The summed E-state index contributed by atoms with van der Waals surface area (Å²) in [7, 11) is 0. The molecule has 0 aliphatic carbocycles. The van der Waals surface area contributed by atoms with Crippen LogP contribution in [0.25, 0.3) is 10.8 Å². The zero-order valence-corrected chi connectivity index (χ0v) is 16.0. The molecule has 144 valence electrons. The van der Waals surface area contributed by atoms with E-state index in [2.05, 4.69) is 22.8 Å². The second-order valence-electron chi connectivity index (χ2n) is 6.73. The predicted octanol–water partition coefficient (Wildman–Crippen LogP) is 5.47. The Hall–Kier alpha value is -3.79. The molecule has 0 saturated heterocycles. The molecule has 29 heavy (non-hydrogen) atoms. The normalized spacial score (nSPS) is 10.5. The minimum Gasteiger partial charge on any atom is -0.487 e. The average Bonchev–Trinajstić information content (AvgIpc) is 2.78. The first-order chi connectivity index (χ1) is 14.3. The molecule has 0 fully saturated rings. The molecule has 4 aromatic carbocycles. The molecule has 0 spiro atoms. The van der Waals surface area contributed by atoms with Crippen LogP contribution >= 0.6 is 0 Å². The molecule has 4 aromatic rings. The molecule has 4 heteroatoms. The summed E-state index contributed by atoms with van der Waals surface area (Å²) in [6.45, 7) is 0.619. The summed E-state index contributed by atoms with van der Waals surface area (Å²) in [6, 6.07) is 31.6. The lowest BCUT2D eigenvalue weighted by Gasteiger charge is -2.13. The van der Waals surface area contributed by atoms with Crippen molar-refractivity contribution < 1.29 is 9.53 Å². The molecular weight excluding hydrogens is 360 g/mol. The number of carbonyl (C=O) groups excluding carboxylic acids is 1. The van der Waals surface area contributed by atoms with Crippen molar-refractivity contribution in [3.05, 3.63) is 103 Å². The maximum atomic E-state index is 12.4. The fourth-order valence-electron chi connectivity index (χ4n) is 3.11. The number of anilines is 2. The van der Waals surface area contributed by atoms with E-state index in [1.54, 1.807) is 0 Å². The maximum absolute atomic E-state index is 12.4. The van der Waals surface area contributed by atoms with Crippen LogP contribution in [0, 0.1) is 0 Å². The van der Waals surface area contributed by atoms with Gasteiger partial charge in [-0.25, -0.2) is 0 Å². The van der Waals surface area contributed by atoms with Crippen molar-refractivity contribution in [2.75, 3.05) is 17.2 Å². The molecule has 4 nitrogen and oxygen atoms in total. The van der Waals surface area contributed by atoms with E-state index in [0.717, 1.165) is 16.6 Å². The van der Waals surface area contributed by atoms with Crippen LogP contribution in [-0.2, 0) is 11.4 Å². The van der Waals surface area contributed by atoms with Crippen molar-refractivity contribution in [1.29, 1.82) is 0 Å². The maximum Gasteiger partial charge on any atom is 0.243 e. The number of rotatable bonds is 7. The third-order valence-electron chi connectivity index (χ3n) is 4.60. The van der Waals surface area contributed by atoms with Gasteiger partial charge in [-0.05, 0) is 40.6 Å². The number of hydrogen-bond donors (Lipinski definition) is 2. The average molecular weight is 382 g/mol. The van der Waals surface area contributed by atoms with Crippen LogP contribution in [0.15, 0.2) is 97.1 Å². The van der Waals surface area contributed by atoms with Gasteiger partial charge in [-0.3, -0.25) is 4.79 Å². The van der Waals surface area contributed by atoms with Crippen molar-refractivity contribution in [1.82, 2.24) is 0 Å². The molecule has 0 atom stereocenters. The summed E-state index contributed by atoms with van der Waals surface area (Å²) in [4.78, 5) is 12.4. The molecule has 4 rings (SSSR count). The van der Waals surface area contributed by atoms with Crippen LogP contribution in [0.3, 0.4) is 0 Å². The van der Waals surface area contributed by atoms with Gasteiger partial charge in [0.1, 0.15) is 12.4 Å². The third kappa shape index (κ3) is 4.93. The van der Waals surface area contributed by atoms with Gasteiger partial charge in [0.15, 0.2) is 0 Å². The SMILES string of the molecule is O=C(CNc1ccc2ccccc2c1)Nc1ccccc1OCc1ccccc1. The number of hydrogen-bond acceptors (Lipinski definition) is 3. The first kappa shape index (κ1) is 18.6. The van der Waals surface area contributed by atoms with Gasteiger partial charge in [-0.1, -0.05) is 72.8 Å². The number of fused-ring (bicyclic) bond motifs is 1. The van der Waals surface area contributed by atoms with Crippen LogP contribution in [0.2, 0.25) is 0 Å². The second-order valence-corrected chi connectivity index (χ2v) is 6.73. The molecular formula is C25H22N2O2. The van der Waals surface area contributed by atoms with Crippen molar-refractivity contribution in [3.8, 4) is 5.75 Å². The molecule has 0 aliphatic rings. The summed E-state index contributed by atoms with van der Waals surface area (Å²) in [5, 5.41) is 8.42. The van der Waals surface area contributed by atoms with E-state index in [9.17, 15) is 4.79 Å². The van der Waals surface area contributed by atoms with E-state index in [1.165, 1.54) is 5.39 Å². The lowest BCUT2D eigenvalue weighted by molar-refractivity contribution is -0.114. The standard InChI is InChI=1S/C25H22N2O2/c28-25(17-26-22-15-14-20-10-4-5-11-21(20)16-22)27-23-12-6-7-13-24(23)29-18-19-8-2-1-3-9-19/h1-16,26H,17-18H2,(H,27,28). The highest BCUT2D eigenvalue weighted by Crippen LogP contribution is 2.25. The Kier molecular flexibility index (Phi) is 5.72. The molecule has 0 heterocycles. The molecule has 0 bridgehead atoms. The second kappa shape index (κ2) is 8.93. The largest absolute Gasteiger partial charge is 0.487 e. The van der Waals surface area contributed by atoms with Crippen LogP contribution in [0.4, 0.5) is 11.4 Å². The van der Waals surface area contributed by atoms with Crippen molar-refractivity contribution in [2.24, 2.45) is 0 Å². The summed E-state index contributed by atoms with van der Waals surface area (Å²) in [6.07, 6.45) is 0. The fraction of sp³-hybridized carbons (Fsp3) is 0.0800. The van der Waals surface area contributed by atoms with E-state index >= 15 is 0 Å². The highest BCUT2D eigenvalue weighted by atomic mass is 16.5. The Bertz CT molecular complexity index is 1110. The molecule has 0 saturated carbocycles. The molecule has 0 aromatic heterocycles. The van der Waals surface area contributed by atoms with Gasteiger partial charge >= 0.3 is 0 Å². The molecule has 0 radical (unpaired) electrons. The van der Waals surface area contributed by atoms with E-state index < -0.39 is 0 Å². The molecule has 0 aliphatic heterocycles. The zero-order valence-electron chi connectivity index (χ0n) is 16.0. The monoisotopic (exact) mass is 382 g/mol. The van der Waals surface area contributed by atoms with Gasteiger partial charge in [0.05, 0.1) is 12.2 Å². The third-order valence-corrected chi connectivity index (χ3v) is 4.60. The van der Waals surface area contributed by atoms with Gasteiger partial charge in [0, 0.05) is 5.69 Å². The Morgan fingerprint density at radius 3 is 2.34 bits per heavy atom. The summed E-state index contributed by atoms with van der Waals surface area (Å²) < 4.78 is 5.90. The highest BCUT2D eigenvalue weighted by Gasteiger charge is 2.08. The number of benzene rings is 4. The predicted molar refractivity (Wildman–Crippen MR) is 118 cm³/mol. The quantitative estimate of drug-likeness (QED) is 0.446.